The van der Waals surface area contributed by atoms with Gasteiger partial charge in [-0.15, -0.1) is 0 Å². The Morgan fingerprint density at radius 1 is 1.33 bits per heavy atom. The molecule has 0 aliphatic heterocycles. The van der Waals surface area contributed by atoms with Crippen LogP contribution in [0.2, 0.25) is 0 Å². The highest BCUT2D eigenvalue weighted by Crippen LogP contribution is 2.47. The van der Waals surface area contributed by atoms with Crippen molar-refractivity contribution in [3.05, 3.63) is 0 Å². The maximum atomic E-state index is 2.46. The van der Waals surface area contributed by atoms with Gasteiger partial charge < -0.3 is 0 Å². The van der Waals surface area contributed by atoms with Gasteiger partial charge in [-0.2, -0.15) is 0 Å². The van der Waals surface area contributed by atoms with E-state index in [0.29, 0.717) is 0 Å². The Morgan fingerprint density at radius 2 is 2.00 bits per heavy atom. The largest absolute Gasteiger partial charge is 0.0654 e. The zero-order valence-corrected chi connectivity index (χ0v) is 9.14. The van der Waals surface area contributed by atoms with Crippen molar-refractivity contribution in [3.8, 4) is 0 Å². The number of hydrogen-bond donors (Lipinski definition) is 0. The molecule has 0 radical (unpaired) electrons. The third-order valence-corrected chi connectivity index (χ3v) is 4.03. The Balaban J connectivity index is 2.27. The zero-order chi connectivity index (χ0) is 9.14. The standard InChI is InChI=1S/C12H24/c1-5-7-11-8-12(10(11)4)9(3)6-2/h9-12H,5-8H2,1-4H3. The third-order valence-electron chi connectivity index (χ3n) is 4.03. The lowest BCUT2D eigenvalue weighted by Gasteiger charge is -2.46. The van der Waals surface area contributed by atoms with Crippen LogP contribution in [0.1, 0.15) is 53.4 Å². The zero-order valence-electron chi connectivity index (χ0n) is 9.14. The van der Waals surface area contributed by atoms with Crippen molar-refractivity contribution in [3.63, 3.8) is 0 Å². The molecule has 0 heteroatoms. The van der Waals surface area contributed by atoms with E-state index in [4.69, 9.17) is 0 Å². The van der Waals surface area contributed by atoms with Crippen LogP contribution in [0.4, 0.5) is 0 Å². The highest BCUT2D eigenvalue weighted by atomic mass is 14.4. The molecule has 0 aromatic rings. The van der Waals surface area contributed by atoms with Gasteiger partial charge in [0.05, 0.1) is 0 Å². The second-order valence-corrected chi connectivity index (χ2v) is 4.69. The summed E-state index contributed by atoms with van der Waals surface area (Å²) >= 11 is 0. The molecule has 1 aliphatic rings. The molecule has 72 valence electrons. The second-order valence-electron chi connectivity index (χ2n) is 4.69. The van der Waals surface area contributed by atoms with Crippen LogP contribution in [-0.4, -0.2) is 0 Å². The van der Waals surface area contributed by atoms with Crippen LogP contribution in [0, 0.1) is 23.7 Å². The molecular formula is C12H24. The average Bonchev–Trinajstić information content (AvgIpc) is 2.09. The second kappa shape index (κ2) is 4.30. The van der Waals surface area contributed by atoms with Crippen molar-refractivity contribution in [2.75, 3.05) is 0 Å². The summed E-state index contributed by atoms with van der Waals surface area (Å²) in [5, 5.41) is 0. The van der Waals surface area contributed by atoms with Crippen molar-refractivity contribution < 1.29 is 0 Å². The fourth-order valence-corrected chi connectivity index (χ4v) is 2.74. The van der Waals surface area contributed by atoms with E-state index in [0.717, 1.165) is 23.7 Å². The first kappa shape index (κ1) is 10.1. The first-order valence-corrected chi connectivity index (χ1v) is 5.70. The van der Waals surface area contributed by atoms with Gasteiger partial charge >= 0.3 is 0 Å². The van der Waals surface area contributed by atoms with Crippen LogP contribution in [-0.2, 0) is 0 Å². The van der Waals surface area contributed by atoms with Crippen LogP contribution >= 0.6 is 0 Å². The Bertz CT molecular complexity index is 128. The number of rotatable bonds is 4. The molecule has 0 saturated heterocycles. The lowest BCUT2D eigenvalue weighted by Crippen LogP contribution is -2.38. The van der Waals surface area contributed by atoms with Gasteiger partial charge in [0, 0.05) is 0 Å². The molecule has 0 nitrogen and oxygen atoms in total. The Morgan fingerprint density at radius 3 is 2.42 bits per heavy atom. The molecule has 0 amide bonds. The van der Waals surface area contributed by atoms with Gasteiger partial charge in [-0.3, -0.25) is 0 Å². The first-order valence-electron chi connectivity index (χ1n) is 5.70. The normalized spacial score (nSPS) is 37.5. The Hall–Kier alpha value is 0. The fraction of sp³-hybridized carbons (Fsp3) is 1.00. The quantitative estimate of drug-likeness (QED) is 0.592. The minimum Gasteiger partial charge on any atom is -0.0654 e. The SMILES string of the molecule is CCCC1CC(C(C)CC)C1C. The highest BCUT2D eigenvalue weighted by Gasteiger charge is 2.38. The van der Waals surface area contributed by atoms with E-state index in [2.05, 4.69) is 27.7 Å². The maximum Gasteiger partial charge on any atom is -0.0357 e. The minimum atomic E-state index is 0.966. The minimum absolute atomic E-state index is 0.966. The van der Waals surface area contributed by atoms with E-state index in [9.17, 15) is 0 Å². The molecule has 4 unspecified atom stereocenters. The molecule has 1 aliphatic carbocycles. The summed E-state index contributed by atoms with van der Waals surface area (Å²) in [6, 6.07) is 0. The van der Waals surface area contributed by atoms with Crippen molar-refractivity contribution in [2.45, 2.75) is 53.4 Å². The van der Waals surface area contributed by atoms with Gasteiger partial charge in [-0.25, -0.2) is 0 Å². The van der Waals surface area contributed by atoms with Gasteiger partial charge in [0.1, 0.15) is 0 Å². The van der Waals surface area contributed by atoms with Gasteiger partial charge in [0.2, 0.25) is 0 Å². The molecule has 0 spiro atoms. The van der Waals surface area contributed by atoms with Gasteiger partial charge in [-0.1, -0.05) is 47.0 Å². The predicted octanol–water partition coefficient (Wildman–Crippen LogP) is 4.10. The van der Waals surface area contributed by atoms with Crippen LogP contribution in [0.3, 0.4) is 0 Å². The van der Waals surface area contributed by atoms with Crippen molar-refractivity contribution in [1.82, 2.24) is 0 Å². The predicted molar refractivity (Wildman–Crippen MR) is 55.1 cm³/mol. The molecule has 1 saturated carbocycles. The van der Waals surface area contributed by atoms with E-state index < -0.39 is 0 Å². The van der Waals surface area contributed by atoms with E-state index in [1.54, 1.807) is 0 Å². The van der Waals surface area contributed by atoms with Gasteiger partial charge in [0.25, 0.3) is 0 Å². The summed E-state index contributed by atoms with van der Waals surface area (Å²) in [6.45, 7) is 9.51. The summed E-state index contributed by atoms with van der Waals surface area (Å²) < 4.78 is 0. The first-order chi connectivity index (χ1) is 5.70. The van der Waals surface area contributed by atoms with Crippen LogP contribution in [0.25, 0.3) is 0 Å². The molecule has 0 aromatic heterocycles. The lowest BCUT2D eigenvalue weighted by atomic mass is 9.59. The fourth-order valence-electron chi connectivity index (χ4n) is 2.74. The summed E-state index contributed by atoms with van der Waals surface area (Å²) in [5.41, 5.74) is 0. The van der Waals surface area contributed by atoms with Crippen LogP contribution in [0.5, 0.6) is 0 Å². The van der Waals surface area contributed by atoms with E-state index in [1.807, 2.05) is 0 Å². The third kappa shape index (κ3) is 1.84. The topological polar surface area (TPSA) is 0 Å². The Kier molecular flexibility index (Phi) is 3.61. The van der Waals surface area contributed by atoms with E-state index >= 15 is 0 Å². The summed E-state index contributed by atoms with van der Waals surface area (Å²) in [6.07, 6.45) is 5.73. The number of hydrogen-bond acceptors (Lipinski definition) is 0. The summed E-state index contributed by atoms with van der Waals surface area (Å²) in [7, 11) is 0. The molecular weight excluding hydrogens is 144 g/mol. The van der Waals surface area contributed by atoms with E-state index in [-0.39, 0.29) is 0 Å². The van der Waals surface area contributed by atoms with Gasteiger partial charge in [-0.05, 0) is 30.1 Å². The molecule has 0 heterocycles. The molecule has 0 aromatic carbocycles. The average molecular weight is 168 g/mol. The molecule has 12 heavy (non-hydrogen) atoms. The van der Waals surface area contributed by atoms with Gasteiger partial charge in [0.15, 0.2) is 0 Å². The molecule has 0 N–H and O–H groups in total. The maximum absolute atomic E-state index is 2.46. The van der Waals surface area contributed by atoms with Crippen molar-refractivity contribution >= 4 is 0 Å². The monoisotopic (exact) mass is 168 g/mol. The van der Waals surface area contributed by atoms with Crippen molar-refractivity contribution in [2.24, 2.45) is 23.7 Å². The van der Waals surface area contributed by atoms with Crippen molar-refractivity contribution in [1.29, 1.82) is 0 Å². The molecule has 0 bridgehead atoms. The van der Waals surface area contributed by atoms with Crippen LogP contribution in [0.15, 0.2) is 0 Å². The highest BCUT2D eigenvalue weighted by molar-refractivity contribution is 4.88. The smallest absolute Gasteiger partial charge is 0.0357 e. The molecule has 4 atom stereocenters. The van der Waals surface area contributed by atoms with Crippen LogP contribution < -0.4 is 0 Å². The molecule has 1 rings (SSSR count). The Labute approximate surface area is 77.7 Å². The summed E-state index contributed by atoms with van der Waals surface area (Å²) in [5.74, 6) is 4.09. The van der Waals surface area contributed by atoms with E-state index in [1.165, 1.54) is 25.7 Å². The molecule has 1 fully saturated rings. The summed E-state index contributed by atoms with van der Waals surface area (Å²) in [4.78, 5) is 0. The lowest BCUT2D eigenvalue weighted by molar-refractivity contribution is 0.0351.